The van der Waals surface area contributed by atoms with Crippen LogP contribution in [-0.4, -0.2) is 49.4 Å². The van der Waals surface area contributed by atoms with Crippen LogP contribution in [0.2, 0.25) is 0 Å². The van der Waals surface area contributed by atoms with Gasteiger partial charge >= 0.3 is 0 Å². The predicted octanol–water partition coefficient (Wildman–Crippen LogP) is 0.200. The summed E-state index contributed by atoms with van der Waals surface area (Å²) in [6.45, 7) is 0.457. The summed E-state index contributed by atoms with van der Waals surface area (Å²) < 4.78 is 23.0. The Balaban J connectivity index is 2.14. The molecule has 2 N–H and O–H groups in total. The summed E-state index contributed by atoms with van der Waals surface area (Å²) in [4.78, 5) is 6.16. The topological polar surface area (TPSA) is 76.3 Å². The zero-order valence-electron chi connectivity index (χ0n) is 10.5. The lowest BCUT2D eigenvalue weighted by molar-refractivity contribution is 0.192. The molecule has 0 spiro atoms. The molecule has 100 valence electrons. The molecule has 2 unspecified atom stereocenters. The fourth-order valence-corrected chi connectivity index (χ4v) is 4.25. The third kappa shape index (κ3) is 2.88. The van der Waals surface area contributed by atoms with E-state index in [0.29, 0.717) is 13.0 Å². The summed E-state index contributed by atoms with van der Waals surface area (Å²) in [5.74, 6) is 0.520. The summed E-state index contributed by atoms with van der Waals surface area (Å²) in [7, 11) is -0.922. The Morgan fingerprint density at radius 1 is 1.61 bits per heavy atom. The number of hydrogen-bond acceptors (Lipinski definition) is 5. The van der Waals surface area contributed by atoms with Crippen LogP contribution in [0.25, 0.3) is 0 Å². The van der Waals surface area contributed by atoms with Crippen LogP contribution in [0.3, 0.4) is 0 Å². The molecule has 0 aromatic carbocycles. The maximum Gasteiger partial charge on any atom is 0.151 e. The van der Waals surface area contributed by atoms with Gasteiger partial charge in [0.25, 0.3) is 0 Å². The Labute approximate surface area is 108 Å². The van der Waals surface area contributed by atoms with E-state index in [2.05, 4.69) is 9.88 Å². The summed E-state index contributed by atoms with van der Waals surface area (Å²) in [5.41, 5.74) is 6.86. The maximum atomic E-state index is 11.5. The molecule has 1 saturated heterocycles. The van der Waals surface area contributed by atoms with Crippen LogP contribution in [0.4, 0.5) is 0 Å². The quantitative estimate of drug-likeness (QED) is 0.845. The number of pyridine rings is 1. The van der Waals surface area contributed by atoms with Crippen molar-refractivity contribution >= 4 is 9.84 Å². The van der Waals surface area contributed by atoms with Gasteiger partial charge in [-0.15, -0.1) is 0 Å². The van der Waals surface area contributed by atoms with E-state index in [9.17, 15) is 8.42 Å². The standard InChI is InChI=1S/C12H19N3O2S/c1-15(11-4-6-18(16,17)9-11)12(7-13)10-3-2-5-14-8-10/h2-3,5,8,11-12H,4,6-7,9,13H2,1H3. The second kappa shape index (κ2) is 5.34. The zero-order valence-corrected chi connectivity index (χ0v) is 11.3. The van der Waals surface area contributed by atoms with Gasteiger partial charge < -0.3 is 5.73 Å². The molecule has 1 aliphatic heterocycles. The Morgan fingerprint density at radius 2 is 2.39 bits per heavy atom. The molecule has 1 aromatic heterocycles. The largest absolute Gasteiger partial charge is 0.329 e. The molecule has 0 saturated carbocycles. The van der Waals surface area contributed by atoms with Crippen molar-refractivity contribution in [2.45, 2.75) is 18.5 Å². The molecule has 1 fully saturated rings. The van der Waals surface area contributed by atoms with Crippen molar-refractivity contribution in [3.63, 3.8) is 0 Å². The van der Waals surface area contributed by atoms with Gasteiger partial charge in [0.15, 0.2) is 9.84 Å². The number of nitrogens with two attached hydrogens (primary N) is 1. The van der Waals surface area contributed by atoms with E-state index in [1.807, 2.05) is 19.2 Å². The molecule has 1 aromatic rings. The van der Waals surface area contributed by atoms with Gasteiger partial charge in [0, 0.05) is 31.0 Å². The number of rotatable bonds is 4. The zero-order chi connectivity index (χ0) is 13.2. The van der Waals surface area contributed by atoms with Crippen LogP contribution in [0.15, 0.2) is 24.5 Å². The van der Waals surface area contributed by atoms with Gasteiger partial charge in [-0.05, 0) is 25.1 Å². The van der Waals surface area contributed by atoms with Crippen LogP contribution in [0.1, 0.15) is 18.0 Å². The third-order valence-electron chi connectivity index (χ3n) is 3.57. The maximum absolute atomic E-state index is 11.5. The fourth-order valence-electron chi connectivity index (χ4n) is 2.46. The van der Waals surface area contributed by atoms with E-state index >= 15 is 0 Å². The van der Waals surface area contributed by atoms with Crippen molar-refractivity contribution in [3.05, 3.63) is 30.1 Å². The van der Waals surface area contributed by atoms with Gasteiger partial charge in [-0.2, -0.15) is 0 Å². The van der Waals surface area contributed by atoms with E-state index in [0.717, 1.165) is 5.56 Å². The Hall–Kier alpha value is -0.980. The Kier molecular flexibility index (Phi) is 3.99. The number of likely N-dealkylation sites (N-methyl/N-ethyl adjacent to an activating group) is 1. The second-order valence-electron chi connectivity index (χ2n) is 4.76. The molecule has 0 amide bonds. The highest BCUT2D eigenvalue weighted by molar-refractivity contribution is 7.91. The SMILES string of the molecule is CN(C1CCS(=O)(=O)C1)C(CN)c1cccnc1. The van der Waals surface area contributed by atoms with E-state index < -0.39 is 9.84 Å². The van der Waals surface area contributed by atoms with Crippen LogP contribution in [0, 0.1) is 0 Å². The first-order valence-corrected chi connectivity index (χ1v) is 7.88. The van der Waals surface area contributed by atoms with Crippen molar-refractivity contribution in [1.29, 1.82) is 0 Å². The molecule has 1 aliphatic rings. The first kappa shape index (κ1) is 13.5. The molecule has 18 heavy (non-hydrogen) atoms. The van der Waals surface area contributed by atoms with Gasteiger partial charge in [0.05, 0.1) is 11.5 Å². The minimum absolute atomic E-state index is 0.0250. The fraction of sp³-hybridized carbons (Fsp3) is 0.583. The monoisotopic (exact) mass is 269 g/mol. The van der Waals surface area contributed by atoms with Crippen LogP contribution >= 0.6 is 0 Å². The lowest BCUT2D eigenvalue weighted by atomic mass is 10.1. The molecule has 5 nitrogen and oxygen atoms in total. The number of sulfone groups is 1. The van der Waals surface area contributed by atoms with Gasteiger partial charge in [-0.3, -0.25) is 9.88 Å². The van der Waals surface area contributed by atoms with E-state index in [-0.39, 0.29) is 23.6 Å². The highest BCUT2D eigenvalue weighted by atomic mass is 32.2. The van der Waals surface area contributed by atoms with Crippen molar-refractivity contribution < 1.29 is 8.42 Å². The molecule has 0 bridgehead atoms. The highest BCUT2D eigenvalue weighted by Gasteiger charge is 2.33. The van der Waals surface area contributed by atoms with E-state index in [1.54, 1.807) is 12.4 Å². The second-order valence-corrected chi connectivity index (χ2v) is 6.99. The van der Waals surface area contributed by atoms with Gasteiger partial charge in [-0.25, -0.2) is 8.42 Å². The van der Waals surface area contributed by atoms with Crippen molar-refractivity contribution in [2.24, 2.45) is 5.73 Å². The summed E-state index contributed by atoms with van der Waals surface area (Å²) in [6, 6.07) is 3.93. The van der Waals surface area contributed by atoms with Crippen molar-refractivity contribution in [3.8, 4) is 0 Å². The van der Waals surface area contributed by atoms with Crippen LogP contribution in [0.5, 0.6) is 0 Å². The van der Waals surface area contributed by atoms with Crippen molar-refractivity contribution in [2.75, 3.05) is 25.1 Å². The summed E-state index contributed by atoms with van der Waals surface area (Å²) in [5, 5.41) is 0. The first-order chi connectivity index (χ1) is 8.53. The number of aromatic nitrogens is 1. The van der Waals surface area contributed by atoms with E-state index in [4.69, 9.17) is 5.73 Å². The Morgan fingerprint density at radius 3 is 2.89 bits per heavy atom. The Bertz CT molecular complexity index is 489. The average Bonchev–Trinajstić information content (AvgIpc) is 2.72. The van der Waals surface area contributed by atoms with Crippen LogP contribution < -0.4 is 5.73 Å². The molecule has 2 atom stereocenters. The van der Waals surface area contributed by atoms with Crippen molar-refractivity contribution in [1.82, 2.24) is 9.88 Å². The average molecular weight is 269 g/mol. The molecule has 2 heterocycles. The van der Waals surface area contributed by atoms with Crippen LogP contribution in [-0.2, 0) is 9.84 Å². The third-order valence-corrected chi connectivity index (χ3v) is 5.32. The highest BCUT2D eigenvalue weighted by Crippen LogP contribution is 2.25. The molecular weight excluding hydrogens is 250 g/mol. The summed E-state index contributed by atoms with van der Waals surface area (Å²) >= 11 is 0. The predicted molar refractivity (Wildman–Crippen MR) is 70.9 cm³/mol. The number of nitrogens with zero attached hydrogens (tertiary/aromatic N) is 2. The molecule has 0 aliphatic carbocycles. The van der Waals surface area contributed by atoms with E-state index in [1.165, 1.54) is 0 Å². The first-order valence-electron chi connectivity index (χ1n) is 6.06. The smallest absolute Gasteiger partial charge is 0.151 e. The minimum Gasteiger partial charge on any atom is -0.329 e. The number of hydrogen-bond donors (Lipinski definition) is 1. The normalized spacial score (nSPS) is 24.3. The lowest BCUT2D eigenvalue weighted by Gasteiger charge is -2.31. The molecular formula is C12H19N3O2S. The molecule has 6 heteroatoms. The van der Waals surface area contributed by atoms with Gasteiger partial charge in [-0.1, -0.05) is 6.07 Å². The van der Waals surface area contributed by atoms with Gasteiger partial charge in [0.1, 0.15) is 0 Å². The molecule has 0 radical (unpaired) electrons. The minimum atomic E-state index is -2.86. The summed E-state index contributed by atoms with van der Waals surface area (Å²) in [6.07, 6.45) is 4.20. The lowest BCUT2D eigenvalue weighted by Crippen LogP contribution is -2.39. The van der Waals surface area contributed by atoms with Gasteiger partial charge in [0.2, 0.25) is 0 Å². The molecule has 2 rings (SSSR count).